The molecule has 6 heteroatoms. The van der Waals surface area contributed by atoms with E-state index in [1.807, 2.05) is 18.2 Å². The van der Waals surface area contributed by atoms with Crippen LogP contribution in [-0.2, 0) is 6.54 Å². The molecule has 0 fully saturated rings. The molecule has 1 amide bonds. The summed E-state index contributed by atoms with van der Waals surface area (Å²) >= 11 is 0. The Bertz CT molecular complexity index is 789. The molecule has 2 aliphatic heterocycles. The molecule has 6 nitrogen and oxygen atoms in total. The molecular weight excluding hydrogens is 322 g/mol. The highest BCUT2D eigenvalue weighted by Gasteiger charge is 2.15. The lowest BCUT2D eigenvalue weighted by Crippen LogP contribution is -2.23. The van der Waals surface area contributed by atoms with E-state index in [1.165, 1.54) is 0 Å². The predicted molar refractivity (Wildman–Crippen MR) is 90.7 cm³/mol. The van der Waals surface area contributed by atoms with Crippen molar-refractivity contribution >= 4 is 5.91 Å². The minimum atomic E-state index is -0.163. The van der Waals surface area contributed by atoms with Crippen molar-refractivity contribution in [3.05, 3.63) is 47.5 Å². The lowest BCUT2D eigenvalue weighted by atomic mass is 10.1. The van der Waals surface area contributed by atoms with Crippen LogP contribution in [0.5, 0.6) is 23.0 Å². The first kappa shape index (κ1) is 15.6. The molecule has 2 aliphatic rings. The molecular formula is C19H19NO5. The smallest absolute Gasteiger partial charge is 0.251 e. The van der Waals surface area contributed by atoms with Crippen LogP contribution in [0.1, 0.15) is 22.3 Å². The second-order valence-electron chi connectivity index (χ2n) is 5.87. The Kier molecular flexibility index (Phi) is 4.33. The van der Waals surface area contributed by atoms with Gasteiger partial charge in [-0.1, -0.05) is 6.07 Å². The van der Waals surface area contributed by atoms with E-state index in [0.717, 1.165) is 23.5 Å². The van der Waals surface area contributed by atoms with Crippen LogP contribution >= 0.6 is 0 Å². The molecule has 2 aromatic rings. The zero-order chi connectivity index (χ0) is 17.1. The first-order valence-corrected chi connectivity index (χ1v) is 8.36. The quantitative estimate of drug-likeness (QED) is 0.929. The summed E-state index contributed by atoms with van der Waals surface area (Å²) in [6, 6.07) is 10.9. The van der Waals surface area contributed by atoms with Crippen LogP contribution in [0.2, 0.25) is 0 Å². The van der Waals surface area contributed by atoms with Gasteiger partial charge in [0.1, 0.15) is 13.2 Å². The summed E-state index contributed by atoms with van der Waals surface area (Å²) in [5.74, 6) is 2.59. The standard InChI is InChI=1S/C19H19NO5/c21-19(14-3-5-16-18(11-14)25-9-8-24-16)20-12-13-2-4-15-17(10-13)23-7-1-6-22-15/h2-5,10-11H,1,6-9,12H2,(H,20,21). The van der Waals surface area contributed by atoms with E-state index in [0.29, 0.717) is 50.0 Å². The van der Waals surface area contributed by atoms with Gasteiger partial charge in [0, 0.05) is 18.5 Å². The van der Waals surface area contributed by atoms with Gasteiger partial charge in [0.05, 0.1) is 13.2 Å². The maximum Gasteiger partial charge on any atom is 0.251 e. The molecule has 0 bridgehead atoms. The summed E-state index contributed by atoms with van der Waals surface area (Å²) in [5.41, 5.74) is 1.49. The van der Waals surface area contributed by atoms with Crippen LogP contribution in [0.15, 0.2) is 36.4 Å². The molecule has 0 atom stereocenters. The molecule has 0 radical (unpaired) electrons. The Labute approximate surface area is 145 Å². The maximum atomic E-state index is 12.4. The van der Waals surface area contributed by atoms with Crippen molar-refractivity contribution in [1.82, 2.24) is 5.32 Å². The summed E-state index contributed by atoms with van der Waals surface area (Å²) in [7, 11) is 0. The van der Waals surface area contributed by atoms with E-state index in [9.17, 15) is 4.79 Å². The average molecular weight is 341 g/mol. The SMILES string of the molecule is O=C(NCc1ccc2c(c1)OCCCO2)c1ccc2c(c1)OCCO2. The van der Waals surface area contributed by atoms with E-state index >= 15 is 0 Å². The summed E-state index contributed by atoms with van der Waals surface area (Å²) < 4.78 is 22.3. The van der Waals surface area contributed by atoms with Crippen molar-refractivity contribution in [3.63, 3.8) is 0 Å². The van der Waals surface area contributed by atoms with Crippen LogP contribution in [0, 0.1) is 0 Å². The van der Waals surface area contributed by atoms with Gasteiger partial charge >= 0.3 is 0 Å². The fourth-order valence-corrected chi connectivity index (χ4v) is 2.79. The van der Waals surface area contributed by atoms with Crippen molar-refractivity contribution in [1.29, 1.82) is 0 Å². The molecule has 0 unspecified atom stereocenters. The molecule has 0 saturated carbocycles. The number of carbonyl (C=O) groups excluding carboxylic acids is 1. The summed E-state index contributed by atoms with van der Waals surface area (Å²) in [6.45, 7) is 2.73. The fraction of sp³-hybridized carbons (Fsp3) is 0.316. The van der Waals surface area contributed by atoms with Crippen molar-refractivity contribution in [2.45, 2.75) is 13.0 Å². The lowest BCUT2D eigenvalue weighted by Gasteiger charge is -2.18. The first-order chi connectivity index (χ1) is 12.3. The topological polar surface area (TPSA) is 66.0 Å². The van der Waals surface area contributed by atoms with Crippen LogP contribution < -0.4 is 24.3 Å². The second-order valence-corrected chi connectivity index (χ2v) is 5.87. The Morgan fingerprint density at radius 2 is 1.44 bits per heavy atom. The molecule has 130 valence electrons. The van der Waals surface area contributed by atoms with Gasteiger partial charge in [0.15, 0.2) is 23.0 Å². The first-order valence-electron chi connectivity index (χ1n) is 8.36. The predicted octanol–water partition coefficient (Wildman–Crippen LogP) is 2.55. The number of rotatable bonds is 3. The Hall–Kier alpha value is -2.89. The zero-order valence-corrected chi connectivity index (χ0v) is 13.7. The molecule has 0 saturated heterocycles. The molecule has 4 rings (SSSR count). The third-order valence-electron chi connectivity index (χ3n) is 4.07. The molecule has 0 aliphatic carbocycles. The second kappa shape index (κ2) is 6.93. The van der Waals surface area contributed by atoms with Crippen LogP contribution in [-0.4, -0.2) is 32.3 Å². The molecule has 0 spiro atoms. The maximum absolute atomic E-state index is 12.4. The Balaban J connectivity index is 1.42. The minimum absolute atomic E-state index is 0.163. The third-order valence-corrected chi connectivity index (χ3v) is 4.07. The molecule has 1 N–H and O–H groups in total. The molecule has 2 aromatic carbocycles. The van der Waals surface area contributed by atoms with Crippen molar-refractivity contribution in [3.8, 4) is 23.0 Å². The van der Waals surface area contributed by atoms with Crippen LogP contribution in [0.4, 0.5) is 0 Å². The lowest BCUT2D eigenvalue weighted by molar-refractivity contribution is 0.0949. The van der Waals surface area contributed by atoms with E-state index < -0.39 is 0 Å². The van der Waals surface area contributed by atoms with E-state index in [1.54, 1.807) is 18.2 Å². The van der Waals surface area contributed by atoms with Gasteiger partial charge in [-0.3, -0.25) is 4.79 Å². The summed E-state index contributed by atoms with van der Waals surface area (Å²) in [4.78, 5) is 12.4. The number of carbonyl (C=O) groups is 1. The van der Waals surface area contributed by atoms with Gasteiger partial charge in [-0.2, -0.15) is 0 Å². The van der Waals surface area contributed by atoms with Crippen LogP contribution in [0.25, 0.3) is 0 Å². The fourth-order valence-electron chi connectivity index (χ4n) is 2.79. The van der Waals surface area contributed by atoms with Gasteiger partial charge in [-0.15, -0.1) is 0 Å². The number of nitrogens with one attached hydrogen (secondary N) is 1. The number of amides is 1. The highest BCUT2D eigenvalue weighted by Crippen LogP contribution is 2.31. The molecule has 25 heavy (non-hydrogen) atoms. The Morgan fingerprint density at radius 1 is 0.800 bits per heavy atom. The number of ether oxygens (including phenoxy) is 4. The Morgan fingerprint density at radius 3 is 2.28 bits per heavy atom. The van der Waals surface area contributed by atoms with Gasteiger partial charge < -0.3 is 24.3 Å². The van der Waals surface area contributed by atoms with Gasteiger partial charge in [-0.05, 0) is 35.9 Å². The van der Waals surface area contributed by atoms with E-state index in [2.05, 4.69) is 5.32 Å². The normalized spacial score (nSPS) is 15.2. The van der Waals surface area contributed by atoms with Gasteiger partial charge in [0.25, 0.3) is 5.91 Å². The number of fused-ring (bicyclic) bond motifs is 2. The highest BCUT2D eigenvalue weighted by atomic mass is 16.6. The third kappa shape index (κ3) is 3.47. The average Bonchev–Trinajstić information content (AvgIpc) is 2.90. The van der Waals surface area contributed by atoms with E-state index in [-0.39, 0.29) is 5.91 Å². The van der Waals surface area contributed by atoms with E-state index in [4.69, 9.17) is 18.9 Å². The van der Waals surface area contributed by atoms with Gasteiger partial charge in [-0.25, -0.2) is 0 Å². The molecule has 0 aromatic heterocycles. The largest absolute Gasteiger partial charge is 0.490 e. The molecule has 2 heterocycles. The van der Waals surface area contributed by atoms with Crippen LogP contribution in [0.3, 0.4) is 0 Å². The monoisotopic (exact) mass is 341 g/mol. The van der Waals surface area contributed by atoms with Crippen molar-refractivity contribution < 1.29 is 23.7 Å². The highest BCUT2D eigenvalue weighted by molar-refractivity contribution is 5.94. The number of benzene rings is 2. The van der Waals surface area contributed by atoms with Gasteiger partial charge in [0.2, 0.25) is 0 Å². The van der Waals surface area contributed by atoms with Crippen molar-refractivity contribution in [2.24, 2.45) is 0 Å². The summed E-state index contributed by atoms with van der Waals surface area (Å²) in [6.07, 6.45) is 0.866. The summed E-state index contributed by atoms with van der Waals surface area (Å²) in [5, 5.41) is 2.91. The number of hydrogen-bond acceptors (Lipinski definition) is 5. The minimum Gasteiger partial charge on any atom is -0.490 e. The zero-order valence-electron chi connectivity index (χ0n) is 13.7. The van der Waals surface area contributed by atoms with Crippen molar-refractivity contribution in [2.75, 3.05) is 26.4 Å². The number of hydrogen-bond donors (Lipinski definition) is 1.